The number of carboxylic acids is 1. The van der Waals surface area contributed by atoms with E-state index in [1.54, 1.807) is 6.07 Å². The molecule has 3 heterocycles. The van der Waals surface area contributed by atoms with Crippen molar-refractivity contribution in [1.82, 2.24) is 20.1 Å². The number of pyridine rings is 1. The van der Waals surface area contributed by atoms with Crippen LogP contribution in [0.3, 0.4) is 0 Å². The number of para-hydroxylation sites is 1. The second-order valence-electron chi connectivity index (χ2n) is 7.85. The molecule has 1 unspecified atom stereocenters. The van der Waals surface area contributed by atoms with Gasteiger partial charge in [0.1, 0.15) is 5.69 Å². The third-order valence-corrected chi connectivity index (χ3v) is 7.12. The van der Waals surface area contributed by atoms with Gasteiger partial charge in [0, 0.05) is 29.9 Å². The van der Waals surface area contributed by atoms with Gasteiger partial charge in [-0.15, -0.1) is 11.8 Å². The highest BCUT2D eigenvalue weighted by Crippen LogP contribution is 2.39. The van der Waals surface area contributed by atoms with Crippen molar-refractivity contribution in [3.8, 4) is 0 Å². The SMILES string of the molecule is CCN(CC)CCNc1cc(C(=O)NC2=C(C(=O)O)N3C(=O)CC3SC2)nc2ccccc12. The molecule has 0 bridgehead atoms. The van der Waals surface area contributed by atoms with Crippen molar-refractivity contribution in [2.75, 3.05) is 37.2 Å². The van der Waals surface area contributed by atoms with E-state index >= 15 is 0 Å². The highest BCUT2D eigenvalue weighted by atomic mass is 32.2. The summed E-state index contributed by atoms with van der Waals surface area (Å²) in [6.45, 7) is 7.73. The van der Waals surface area contributed by atoms with Crippen LogP contribution < -0.4 is 10.6 Å². The Bertz CT molecular complexity index is 1130. The van der Waals surface area contributed by atoms with E-state index in [4.69, 9.17) is 0 Å². The number of nitrogens with zero attached hydrogens (tertiary/aromatic N) is 3. The van der Waals surface area contributed by atoms with Gasteiger partial charge >= 0.3 is 5.97 Å². The van der Waals surface area contributed by atoms with Crippen molar-refractivity contribution in [1.29, 1.82) is 0 Å². The number of anilines is 1. The number of hydrogen-bond acceptors (Lipinski definition) is 7. The van der Waals surface area contributed by atoms with Crippen LogP contribution in [0.25, 0.3) is 10.9 Å². The number of benzene rings is 1. The minimum atomic E-state index is -1.23. The van der Waals surface area contributed by atoms with Crippen LogP contribution in [0.4, 0.5) is 5.69 Å². The Labute approximate surface area is 196 Å². The summed E-state index contributed by atoms with van der Waals surface area (Å²) in [7, 11) is 0. The van der Waals surface area contributed by atoms with Crippen molar-refractivity contribution in [3.05, 3.63) is 47.4 Å². The summed E-state index contributed by atoms with van der Waals surface area (Å²) >= 11 is 1.44. The maximum atomic E-state index is 13.1. The minimum Gasteiger partial charge on any atom is -0.477 e. The van der Waals surface area contributed by atoms with Crippen molar-refractivity contribution >= 4 is 46.1 Å². The van der Waals surface area contributed by atoms with Crippen LogP contribution >= 0.6 is 11.8 Å². The van der Waals surface area contributed by atoms with Gasteiger partial charge < -0.3 is 20.6 Å². The number of carboxylic acid groups (broad SMARTS) is 1. The van der Waals surface area contributed by atoms with Crippen LogP contribution in [-0.2, 0) is 9.59 Å². The Hall–Kier alpha value is -3.11. The molecule has 33 heavy (non-hydrogen) atoms. The fraction of sp³-hybridized carbons (Fsp3) is 0.391. The van der Waals surface area contributed by atoms with Gasteiger partial charge in [0.15, 0.2) is 5.70 Å². The number of thioether (sulfide) groups is 1. The Balaban J connectivity index is 1.60. The lowest BCUT2D eigenvalue weighted by Gasteiger charge is -2.43. The Morgan fingerprint density at radius 1 is 1.27 bits per heavy atom. The van der Waals surface area contributed by atoms with Gasteiger partial charge in [-0.25, -0.2) is 9.78 Å². The number of hydrogen-bond donors (Lipinski definition) is 3. The van der Waals surface area contributed by atoms with Crippen LogP contribution in [0.2, 0.25) is 0 Å². The number of aliphatic carboxylic acids is 1. The van der Waals surface area contributed by atoms with Crippen molar-refractivity contribution < 1.29 is 19.5 Å². The molecule has 3 N–H and O–H groups in total. The summed E-state index contributed by atoms with van der Waals surface area (Å²) < 4.78 is 0. The lowest BCUT2D eigenvalue weighted by molar-refractivity contribution is -0.146. The van der Waals surface area contributed by atoms with E-state index in [1.165, 1.54) is 16.7 Å². The molecule has 2 aromatic rings. The normalized spacial score (nSPS) is 17.7. The first-order chi connectivity index (χ1) is 15.9. The number of carbonyl (C=O) groups excluding carboxylic acids is 2. The van der Waals surface area contributed by atoms with E-state index in [1.807, 2.05) is 24.3 Å². The van der Waals surface area contributed by atoms with E-state index in [9.17, 15) is 19.5 Å². The molecule has 0 saturated carbocycles. The largest absolute Gasteiger partial charge is 0.477 e. The number of carbonyl (C=O) groups is 3. The van der Waals surface area contributed by atoms with Gasteiger partial charge in [0.25, 0.3) is 5.91 Å². The number of fused-ring (bicyclic) bond motifs is 2. The number of amides is 2. The second kappa shape index (κ2) is 9.80. The summed E-state index contributed by atoms with van der Waals surface area (Å²) in [5.41, 5.74) is 1.70. The molecule has 1 aromatic carbocycles. The summed E-state index contributed by atoms with van der Waals surface area (Å²) in [6, 6.07) is 9.25. The van der Waals surface area contributed by atoms with E-state index < -0.39 is 11.9 Å². The zero-order valence-corrected chi connectivity index (χ0v) is 19.4. The molecule has 1 aromatic heterocycles. The van der Waals surface area contributed by atoms with Crippen molar-refractivity contribution in [2.24, 2.45) is 0 Å². The molecule has 10 heteroatoms. The molecule has 174 valence electrons. The van der Waals surface area contributed by atoms with E-state index in [2.05, 4.69) is 34.4 Å². The quantitative estimate of drug-likeness (QED) is 0.480. The van der Waals surface area contributed by atoms with Crippen LogP contribution in [0, 0.1) is 0 Å². The Morgan fingerprint density at radius 3 is 2.73 bits per heavy atom. The number of aromatic nitrogens is 1. The third kappa shape index (κ3) is 4.67. The molecule has 0 spiro atoms. The van der Waals surface area contributed by atoms with Crippen molar-refractivity contribution in [2.45, 2.75) is 25.6 Å². The molecular weight excluding hydrogens is 442 g/mol. The van der Waals surface area contributed by atoms with Crippen LogP contribution in [0.15, 0.2) is 41.7 Å². The molecule has 0 aliphatic carbocycles. The smallest absolute Gasteiger partial charge is 0.354 e. The van der Waals surface area contributed by atoms with Gasteiger partial charge in [-0.2, -0.15) is 0 Å². The number of rotatable bonds is 9. The molecule has 1 atom stereocenters. The molecule has 1 saturated heterocycles. The number of likely N-dealkylation sites (N-methyl/N-ethyl adjacent to an activating group) is 1. The Kier molecular flexibility index (Phi) is 6.85. The molecule has 1 fully saturated rings. The standard InChI is InChI=1S/C23H27N5O4S/c1-3-27(4-2)10-9-24-16-11-17(25-15-8-6-5-7-14(15)16)22(30)26-18-13-33-20-12-19(29)28(20)21(18)23(31)32/h5-8,11,20H,3-4,9-10,12-13H2,1-2H3,(H,24,25)(H,26,30)(H,31,32). The molecular formula is C23H27N5O4S. The van der Waals surface area contributed by atoms with E-state index in [0.717, 1.165) is 30.7 Å². The van der Waals surface area contributed by atoms with Gasteiger partial charge in [0.05, 0.1) is 23.0 Å². The predicted molar refractivity (Wildman–Crippen MR) is 128 cm³/mol. The molecule has 2 aliphatic heterocycles. The predicted octanol–water partition coefficient (Wildman–Crippen LogP) is 2.32. The first kappa shape index (κ1) is 23.1. The fourth-order valence-electron chi connectivity index (χ4n) is 4.04. The number of β-lactam (4-membered cyclic amide) rings is 1. The van der Waals surface area contributed by atoms with Crippen LogP contribution in [0.5, 0.6) is 0 Å². The topological polar surface area (TPSA) is 115 Å². The van der Waals surface area contributed by atoms with Crippen LogP contribution in [0.1, 0.15) is 30.8 Å². The minimum absolute atomic E-state index is 0.151. The monoisotopic (exact) mass is 469 g/mol. The van der Waals surface area contributed by atoms with E-state index in [0.29, 0.717) is 24.2 Å². The van der Waals surface area contributed by atoms with Gasteiger partial charge in [-0.05, 0) is 25.2 Å². The maximum absolute atomic E-state index is 13.1. The zero-order chi connectivity index (χ0) is 23.5. The van der Waals surface area contributed by atoms with Crippen LogP contribution in [-0.4, -0.2) is 75.0 Å². The molecule has 0 radical (unpaired) electrons. The summed E-state index contributed by atoms with van der Waals surface area (Å²) in [5, 5.41) is 16.5. The zero-order valence-electron chi connectivity index (χ0n) is 18.6. The Morgan fingerprint density at radius 2 is 2.03 bits per heavy atom. The van der Waals surface area contributed by atoms with Gasteiger partial charge in [-0.3, -0.25) is 14.5 Å². The lowest BCUT2D eigenvalue weighted by atomic mass is 10.1. The number of nitrogens with one attached hydrogen (secondary N) is 2. The second-order valence-corrected chi connectivity index (χ2v) is 9.01. The molecule has 4 rings (SSSR count). The highest BCUT2D eigenvalue weighted by Gasteiger charge is 2.45. The lowest BCUT2D eigenvalue weighted by Crippen LogP contribution is -2.55. The average Bonchev–Trinajstić information content (AvgIpc) is 2.81. The van der Waals surface area contributed by atoms with Gasteiger partial charge in [0.2, 0.25) is 5.91 Å². The highest BCUT2D eigenvalue weighted by molar-refractivity contribution is 8.00. The summed E-state index contributed by atoms with van der Waals surface area (Å²) in [5.74, 6) is -1.67. The average molecular weight is 470 g/mol. The first-order valence-electron chi connectivity index (χ1n) is 11.0. The molecule has 2 aliphatic rings. The van der Waals surface area contributed by atoms with E-state index in [-0.39, 0.29) is 28.4 Å². The third-order valence-electron chi connectivity index (χ3n) is 5.91. The maximum Gasteiger partial charge on any atom is 0.354 e. The fourth-order valence-corrected chi connectivity index (χ4v) is 5.24. The van der Waals surface area contributed by atoms with Crippen molar-refractivity contribution in [3.63, 3.8) is 0 Å². The summed E-state index contributed by atoms with van der Waals surface area (Å²) in [6.07, 6.45) is 0.317. The summed E-state index contributed by atoms with van der Waals surface area (Å²) in [4.78, 5) is 44.9. The molecule has 9 nitrogen and oxygen atoms in total. The first-order valence-corrected chi connectivity index (χ1v) is 12.0. The molecule has 2 amide bonds. The van der Waals surface area contributed by atoms with Gasteiger partial charge in [-0.1, -0.05) is 32.0 Å².